The van der Waals surface area contributed by atoms with Gasteiger partial charge in [-0.25, -0.2) is 4.79 Å². The van der Waals surface area contributed by atoms with E-state index in [9.17, 15) is 18.0 Å². The SMILES string of the molecule is O=C(O)c1cn(CCc2cccs2)cc1C(F)(F)F. The minimum absolute atomic E-state index is 0.316. The molecule has 102 valence electrons. The van der Waals surface area contributed by atoms with Gasteiger partial charge in [-0.1, -0.05) is 6.07 Å². The Morgan fingerprint density at radius 3 is 2.58 bits per heavy atom. The van der Waals surface area contributed by atoms with E-state index in [-0.39, 0.29) is 0 Å². The largest absolute Gasteiger partial charge is 0.478 e. The van der Waals surface area contributed by atoms with Crippen molar-refractivity contribution >= 4 is 17.3 Å². The number of aromatic carboxylic acids is 1. The van der Waals surface area contributed by atoms with Gasteiger partial charge in [-0.2, -0.15) is 13.2 Å². The highest BCUT2D eigenvalue weighted by molar-refractivity contribution is 7.09. The summed E-state index contributed by atoms with van der Waals surface area (Å²) >= 11 is 1.51. The van der Waals surface area contributed by atoms with Gasteiger partial charge in [0.2, 0.25) is 0 Å². The van der Waals surface area contributed by atoms with Gasteiger partial charge >= 0.3 is 12.1 Å². The number of halogens is 3. The third kappa shape index (κ3) is 3.17. The van der Waals surface area contributed by atoms with Crippen molar-refractivity contribution in [2.75, 3.05) is 0 Å². The van der Waals surface area contributed by atoms with E-state index in [4.69, 9.17) is 5.11 Å². The average molecular weight is 289 g/mol. The van der Waals surface area contributed by atoms with Crippen LogP contribution in [0, 0.1) is 0 Å². The third-order valence-corrected chi connectivity index (χ3v) is 3.55. The smallest absolute Gasteiger partial charge is 0.418 e. The second-order valence-electron chi connectivity index (χ2n) is 3.96. The van der Waals surface area contributed by atoms with Crippen molar-refractivity contribution in [1.82, 2.24) is 4.57 Å². The summed E-state index contributed by atoms with van der Waals surface area (Å²) in [6, 6.07) is 3.75. The first-order valence-electron chi connectivity index (χ1n) is 5.40. The molecule has 3 nitrogen and oxygen atoms in total. The van der Waals surface area contributed by atoms with Crippen LogP contribution in [-0.4, -0.2) is 15.6 Å². The summed E-state index contributed by atoms with van der Waals surface area (Å²) in [5, 5.41) is 10.7. The van der Waals surface area contributed by atoms with E-state index in [0.29, 0.717) is 13.0 Å². The molecule has 0 fully saturated rings. The lowest BCUT2D eigenvalue weighted by Crippen LogP contribution is -2.09. The molecule has 19 heavy (non-hydrogen) atoms. The van der Waals surface area contributed by atoms with Gasteiger partial charge in [0.1, 0.15) is 0 Å². The molecule has 0 radical (unpaired) electrons. The first-order valence-corrected chi connectivity index (χ1v) is 6.28. The van der Waals surface area contributed by atoms with Crippen molar-refractivity contribution in [1.29, 1.82) is 0 Å². The highest BCUT2D eigenvalue weighted by Gasteiger charge is 2.36. The van der Waals surface area contributed by atoms with E-state index >= 15 is 0 Å². The molecule has 0 atom stereocenters. The van der Waals surface area contributed by atoms with Crippen molar-refractivity contribution in [3.8, 4) is 0 Å². The summed E-state index contributed by atoms with van der Waals surface area (Å²) in [5.74, 6) is -1.57. The molecule has 2 aromatic heterocycles. The normalized spacial score (nSPS) is 11.7. The zero-order valence-corrected chi connectivity index (χ0v) is 10.5. The molecule has 0 aliphatic carbocycles. The van der Waals surface area contributed by atoms with Crippen molar-refractivity contribution in [2.24, 2.45) is 0 Å². The van der Waals surface area contributed by atoms with Gasteiger partial charge in [0, 0.05) is 23.8 Å². The maximum Gasteiger partial charge on any atom is 0.418 e. The molecule has 0 aliphatic heterocycles. The van der Waals surface area contributed by atoms with E-state index in [1.165, 1.54) is 15.9 Å². The summed E-state index contributed by atoms with van der Waals surface area (Å²) < 4.78 is 39.3. The van der Waals surface area contributed by atoms with Gasteiger partial charge < -0.3 is 9.67 Å². The Balaban J connectivity index is 2.20. The van der Waals surface area contributed by atoms with Crippen molar-refractivity contribution in [3.63, 3.8) is 0 Å². The van der Waals surface area contributed by atoms with Gasteiger partial charge in [0.15, 0.2) is 0 Å². The maximum absolute atomic E-state index is 12.7. The first kappa shape index (κ1) is 13.7. The molecule has 0 aromatic carbocycles. The number of aromatic nitrogens is 1. The average Bonchev–Trinajstić information content (AvgIpc) is 2.94. The van der Waals surface area contributed by atoms with Crippen molar-refractivity contribution in [2.45, 2.75) is 19.1 Å². The number of carboxylic acids is 1. The van der Waals surface area contributed by atoms with Crippen LogP contribution in [-0.2, 0) is 19.1 Å². The predicted molar refractivity (Wildman–Crippen MR) is 64.4 cm³/mol. The Hall–Kier alpha value is -1.76. The molecule has 2 heterocycles. The van der Waals surface area contributed by atoms with E-state index in [0.717, 1.165) is 17.3 Å². The molecule has 0 amide bonds. The number of nitrogens with zero attached hydrogens (tertiary/aromatic N) is 1. The maximum atomic E-state index is 12.7. The fourth-order valence-corrected chi connectivity index (χ4v) is 2.43. The number of aryl methyl sites for hydroxylation is 2. The highest BCUT2D eigenvalue weighted by atomic mass is 32.1. The Kier molecular flexibility index (Phi) is 3.66. The second kappa shape index (κ2) is 5.08. The second-order valence-corrected chi connectivity index (χ2v) is 4.99. The number of thiophene rings is 1. The molecule has 2 rings (SSSR count). The molecule has 2 aromatic rings. The zero-order chi connectivity index (χ0) is 14.0. The summed E-state index contributed by atoms with van der Waals surface area (Å²) in [6.07, 6.45) is -2.21. The predicted octanol–water partition coefficient (Wildman–Crippen LogP) is 3.51. The molecular weight excluding hydrogens is 279 g/mol. The topological polar surface area (TPSA) is 42.2 Å². The molecule has 0 saturated carbocycles. The fraction of sp³-hybridized carbons (Fsp3) is 0.250. The summed E-state index contributed by atoms with van der Waals surface area (Å²) in [5.41, 5.74) is -1.81. The molecule has 0 aliphatic rings. The number of alkyl halides is 3. The van der Waals surface area contributed by atoms with Crippen LogP contribution < -0.4 is 0 Å². The van der Waals surface area contributed by atoms with Crippen LogP contribution in [0.1, 0.15) is 20.8 Å². The Morgan fingerprint density at radius 1 is 1.37 bits per heavy atom. The van der Waals surface area contributed by atoms with Crippen LogP contribution in [0.3, 0.4) is 0 Å². The minimum atomic E-state index is -4.65. The van der Waals surface area contributed by atoms with E-state index < -0.39 is 23.3 Å². The molecular formula is C12H10F3NO2S. The number of rotatable bonds is 4. The van der Waals surface area contributed by atoms with Crippen LogP contribution >= 0.6 is 11.3 Å². The number of hydrogen-bond acceptors (Lipinski definition) is 2. The van der Waals surface area contributed by atoms with Crippen LogP contribution in [0.15, 0.2) is 29.9 Å². The third-order valence-electron chi connectivity index (χ3n) is 2.61. The molecule has 1 N–H and O–H groups in total. The van der Waals surface area contributed by atoms with E-state index in [1.54, 1.807) is 0 Å². The molecule has 7 heteroatoms. The Bertz CT molecular complexity index is 572. The van der Waals surface area contributed by atoms with Gasteiger partial charge in [0.05, 0.1) is 11.1 Å². The van der Waals surface area contributed by atoms with Crippen molar-refractivity contribution in [3.05, 3.63) is 45.9 Å². The lowest BCUT2D eigenvalue weighted by Gasteiger charge is -2.04. The standard InChI is InChI=1S/C12H10F3NO2S/c13-12(14,15)10-7-16(6-9(10)11(17)18)4-3-8-2-1-5-19-8/h1-2,5-7H,3-4H2,(H,17,18). The number of carboxylic acid groups (broad SMARTS) is 1. The number of carbonyl (C=O) groups is 1. The molecule has 0 spiro atoms. The monoisotopic (exact) mass is 289 g/mol. The minimum Gasteiger partial charge on any atom is -0.478 e. The van der Waals surface area contributed by atoms with Gasteiger partial charge in [-0.15, -0.1) is 11.3 Å². The molecule has 0 saturated heterocycles. The lowest BCUT2D eigenvalue weighted by molar-refractivity contribution is -0.138. The molecule has 0 unspecified atom stereocenters. The summed E-state index contributed by atoms with van der Waals surface area (Å²) in [4.78, 5) is 11.8. The van der Waals surface area contributed by atoms with Crippen LogP contribution in [0.2, 0.25) is 0 Å². The van der Waals surface area contributed by atoms with E-state index in [2.05, 4.69) is 0 Å². The fourth-order valence-electron chi connectivity index (χ4n) is 1.73. The Labute approximate surface area is 110 Å². The molecule has 0 bridgehead atoms. The van der Waals surface area contributed by atoms with Gasteiger partial charge in [-0.3, -0.25) is 0 Å². The lowest BCUT2D eigenvalue weighted by atomic mass is 10.2. The van der Waals surface area contributed by atoms with Crippen LogP contribution in [0.25, 0.3) is 0 Å². The summed E-state index contributed by atoms with van der Waals surface area (Å²) in [6.45, 7) is 0.316. The quantitative estimate of drug-likeness (QED) is 0.936. The van der Waals surface area contributed by atoms with Gasteiger partial charge in [0.25, 0.3) is 0 Å². The Morgan fingerprint density at radius 2 is 2.11 bits per heavy atom. The highest BCUT2D eigenvalue weighted by Crippen LogP contribution is 2.32. The van der Waals surface area contributed by atoms with Gasteiger partial charge in [-0.05, 0) is 17.9 Å². The zero-order valence-electron chi connectivity index (χ0n) is 9.65. The first-order chi connectivity index (χ1) is 8.88. The summed E-state index contributed by atoms with van der Waals surface area (Å²) in [7, 11) is 0. The number of hydrogen-bond donors (Lipinski definition) is 1. The van der Waals surface area contributed by atoms with E-state index in [1.807, 2.05) is 17.5 Å². The van der Waals surface area contributed by atoms with Crippen LogP contribution in [0.4, 0.5) is 13.2 Å². The van der Waals surface area contributed by atoms with Crippen molar-refractivity contribution < 1.29 is 23.1 Å². The van der Waals surface area contributed by atoms with Crippen LogP contribution in [0.5, 0.6) is 0 Å².